The van der Waals surface area contributed by atoms with Crippen LogP contribution in [-0.2, 0) is 0 Å². The molecule has 1 aromatic rings. The van der Waals surface area contributed by atoms with Crippen LogP contribution < -0.4 is 5.32 Å². The molecular formula is C14H20BrNO. The van der Waals surface area contributed by atoms with Crippen molar-refractivity contribution in [3.8, 4) is 0 Å². The highest BCUT2D eigenvalue weighted by molar-refractivity contribution is 9.10. The summed E-state index contributed by atoms with van der Waals surface area (Å²) in [5.74, 6) is 0. The molecule has 0 amide bonds. The van der Waals surface area contributed by atoms with Crippen LogP contribution in [0, 0.1) is 0 Å². The Kier molecular flexibility index (Phi) is 5.01. The summed E-state index contributed by atoms with van der Waals surface area (Å²) in [6.45, 7) is 0.654. The zero-order chi connectivity index (χ0) is 12.1. The SMILES string of the molecule is O[C@H](CNC1CCCCC1)c1cccc(Br)c1. The molecule has 1 aliphatic carbocycles. The third-order valence-corrected chi connectivity index (χ3v) is 3.93. The summed E-state index contributed by atoms with van der Waals surface area (Å²) in [6, 6.07) is 8.49. The van der Waals surface area contributed by atoms with Crippen LogP contribution in [0.4, 0.5) is 0 Å². The Morgan fingerprint density at radius 2 is 2.06 bits per heavy atom. The highest BCUT2D eigenvalue weighted by Gasteiger charge is 2.15. The molecule has 0 heterocycles. The van der Waals surface area contributed by atoms with Crippen molar-refractivity contribution in [1.29, 1.82) is 0 Å². The Labute approximate surface area is 112 Å². The molecule has 3 heteroatoms. The van der Waals surface area contributed by atoms with E-state index in [1.54, 1.807) is 0 Å². The minimum absolute atomic E-state index is 0.408. The van der Waals surface area contributed by atoms with E-state index in [9.17, 15) is 5.11 Å². The largest absolute Gasteiger partial charge is 0.387 e. The van der Waals surface area contributed by atoms with E-state index in [2.05, 4.69) is 21.2 Å². The number of nitrogens with one attached hydrogen (secondary N) is 1. The van der Waals surface area contributed by atoms with Gasteiger partial charge in [0.15, 0.2) is 0 Å². The number of rotatable bonds is 4. The van der Waals surface area contributed by atoms with Gasteiger partial charge >= 0.3 is 0 Å². The normalized spacial score (nSPS) is 19.2. The van der Waals surface area contributed by atoms with Crippen molar-refractivity contribution >= 4 is 15.9 Å². The van der Waals surface area contributed by atoms with E-state index in [0.717, 1.165) is 10.0 Å². The molecular weight excluding hydrogens is 278 g/mol. The molecule has 1 aliphatic rings. The van der Waals surface area contributed by atoms with Gasteiger partial charge < -0.3 is 10.4 Å². The molecule has 0 spiro atoms. The topological polar surface area (TPSA) is 32.3 Å². The molecule has 2 rings (SSSR count). The first-order valence-corrected chi connectivity index (χ1v) is 7.22. The Hall–Kier alpha value is -0.380. The number of benzene rings is 1. The van der Waals surface area contributed by atoms with E-state index in [1.165, 1.54) is 32.1 Å². The summed E-state index contributed by atoms with van der Waals surface area (Å²) in [7, 11) is 0. The highest BCUT2D eigenvalue weighted by Crippen LogP contribution is 2.20. The van der Waals surface area contributed by atoms with Gasteiger partial charge in [0.25, 0.3) is 0 Å². The summed E-state index contributed by atoms with van der Waals surface area (Å²) in [5.41, 5.74) is 0.975. The van der Waals surface area contributed by atoms with E-state index in [1.807, 2.05) is 24.3 Å². The predicted octanol–water partition coefficient (Wildman–Crippen LogP) is 3.40. The van der Waals surface area contributed by atoms with Gasteiger partial charge in [0.05, 0.1) is 6.10 Å². The van der Waals surface area contributed by atoms with Gasteiger partial charge in [-0.3, -0.25) is 0 Å². The van der Waals surface area contributed by atoms with Crippen LogP contribution in [-0.4, -0.2) is 17.7 Å². The van der Waals surface area contributed by atoms with Crippen molar-refractivity contribution in [2.45, 2.75) is 44.2 Å². The average molecular weight is 298 g/mol. The van der Waals surface area contributed by atoms with Crippen LogP contribution in [0.5, 0.6) is 0 Å². The first kappa shape index (κ1) is 13.1. The molecule has 0 bridgehead atoms. The van der Waals surface area contributed by atoms with Gasteiger partial charge in [-0.25, -0.2) is 0 Å². The van der Waals surface area contributed by atoms with E-state index < -0.39 is 6.10 Å². The lowest BCUT2D eigenvalue weighted by Gasteiger charge is -2.24. The molecule has 1 fully saturated rings. The second-order valence-corrected chi connectivity index (χ2v) is 5.73. The van der Waals surface area contributed by atoms with Crippen molar-refractivity contribution in [1.82, 2.24) is 5.32 Å². The second-order valence-electron chi connectivity index (χ2n) is 4.81. The summed E-state index contributed by atoms with van der Waals surface area (Å²) in [5, 5.41) is 13.6. The maximum Gasteiger partial charge on any atom is 0.0914 e. The molecule has 0 saturated heterocycles. The quantitative estimate of drug-likeness (QED) is 0.893. The van der Waals surface area contributed by atoms with E-state index in [4.69, 9.17) is 0 Å². The van der Waals surface area contributed by atoms with Crippen LogP contribution in [0.15, 0.2) is 28.7 Å². The van der Waals surface area contributed by atoms with Gasteiger partial charge in [-0.05, 0) is 30.5 Å². The fourth-order valence-corrected chi connectivity index (χ4v) is 2.83. The van der Waals surface area contributed by atoms with Crippen LogP contribution >= 0.6 is 15.9 Å². The van der Waals surface area contributed by atoms with Crippen molar-refractivity contribution in [3.05, 3.63) is 34.3 Å². The summed E-state index contributed by atoms with van der Waals surface area (Å²) in [6.07, 6.45) is 6.12. The van der Waals surface area contributed by atoms with Crippen molar-refractivity contribution in [2.75, 3.05) is 6.54 Å². The minimum atomic E-state index is -0.408. The molecule has 94 valence electrons. The Morgan fingerprint density at radius 3 is 2.76 bits per heavy atom. The number of halogens is 1. The van der Waals surface area contributed by atoms with Crippen molar-refractivity contribution < 1.29 is 5.11 Å². The number of hydrogen-bond acceptors (Lipinski definition) is 2. The number of hydrogen-bond donors (Lipinski definition) is 2. The molecule has 17 heavy (non-hydrogen) atoms. The standard InChI is InChI=1S/C14H20BrNO/c15-12-6-4-5-11(9-12)14(17)10-16-13-7-2-1-3-8-13/h4-6,9,13-14,16-17H,1-3,7-8,10H2/t14-/m1/s1. The van der Waals surface area contributed by atoms with Gasteiger partial charge in [-0.15, -0.1) is 0 Å². The number of aliphatic hydroxyl groups excluding tert-OH is 1. The average Bonchev–Trinajstić information content (AvgIpc) is 2.37. The van der Waals surface area contributed by atoms with E-state index in [0.29, 0.717) is 12.6 Å². The summed E-state index contributed by atoms with van der Waals surface area (Å²) < 4.78 is 1.02. The first-order chi connectivity index (χ1) is 8.25. The molecule has 0 unspecified atom stereocenters. The lowest BCUT2D eigenvalue weighted by Crippen LogP contribution is -2.34. The third kappa shape index (κ3) is 4.09. The third-order valence-electron chi connectivity index (χ3n) is 3.44. The van der Waals surface area contributed by atoms with Crippen LogP contribution in [0.1, 0.15) is 43.8 Å². The monoisotopic (exact) mass is 297 g/mol. The molecule has 0 radical (unpaired) electrons. The summed E-state index contributed by atoms with van der Waals surface area (Å²) >= 11 is 3.43. The molecule has 1 aromatic carbocycles. The van der Waals surface area contributed by atoms with Crippen molar-refractivity contribution in [2.24, 2.45) is 0 Å². The maximum atomic E-state index is 10.1. The smallest absolute Gasteiger partial charge is 0.0914 e. The first-order valence-electron chi connectivity index (χ1n) is 6.42. The second kappa shape index (κ2) is 6.53. The lowest BCUT2D eigenvalue weighted by atomic mass is 9.95. The van der Waals surface area contributed by atoms with Gasteiger partial charge in [-0.1, -0.05) is 47.3 Å². The molecule has 1 saturated carbocycles. The summed E-state index contributed by atoms with van der Waals surface area (Å²) in [4.78, 5) is 0. The molecule has 2 N–H and O–H groups in total. The molecule has 1 atom stereocenters. The lowest BCUT2D eigenvalue weighted by molar-refractivity contribution is 0.165. The fraction of sp³-hybridized carbons (Fsp3) is 0.571. The zero-order valence-electron chi connectivity index (χ0n) is 10.0. The van der Waals surface area contributed by atoms with Gasteiger partial charge in [0, 0.05) is 17.1 Å². The predicted molar refractivity (Wildman–Crippen MR) is 74.0 cm³/mol. The van der Waals surface area contributed by atoms with Crippen LogP contribution in [0.3, 0.4) is 0 Å². The highest BCUT2D eigenvalue weighted by atomic mass is 79.9. The molecule has 2 nitrogen and oxygen atoms in total. The van der Waals surface area contributed by atoms with Crippen LogP contribution in [0.2, 0.25) is 0 Å². The minimum Gasteiger partial charge on any atom is -0.387 e. The molecule has 0 aliphatic heterocycles. The maximum absolute atomic E-state index is 10.1. The Morgan fingerprint density at radius 1 is 1.29 bits per heavy atom. The van der Waals surface area contributed by atoms with Gasteiger partial charge in [0.1, 0.15) is 0 Å². The zero-order valence-corrected chi connectivity index (χ0v) is 11.6. The molecule has 0 aromatic heterocycles. The van der Waals surface area contributed by atoms with Crippen molar-refractivity contribution in [3.63, 3.8) is 0 Å². The Bertz CT molecular complexity index is 350. The van der Waals surface area contributed by atoms with Gasteiger partial charge in [0.2, 0.25) is 0 Å². The van der Waals surface area contributed by atoms with E-state index in [-0.39, 0.29) is 0 Å². The van der Waals surface area contributed by atoms with Crippen LogP contribution in [0.25, 0.3) is 0 Å². The fourth-order valence-electron chi connectivity index (χ4n) is 2.42. The number of aliphatic hydroxyl groups is 1. The van der Waals surface area contributed by atoms with Gasteiger partial charge in [-0.2, -0.15) is 0 Å². The Balaban J connectivity index is 1.82. The van der Waals surface area contributed by atoms with E-state index >= 15 is 0 Å².